The molecule has 0 aliphatic carbocycles. The number of hydrogen-bond donors (Lipinski definition) is 2. The van der Waals surface area contributed by atoms with E-state index in [2.05, 4.69) is 0 Å². The summed E-state index contributed by atoms with van der Waals surface area (Å²) in [7, 11) is 0. The molecule has 1 aromatic rings. The molecule has 2 N–H and O–H groups in total. The Hall–Kier alpha value is -1.87. The number of allylic oxidation sites excluding steroid dienone is 2. The number of aliphatic hydroxyl groups excluding tert-OH is 1. The third-order valence-electron chi connectivity index (χ3n) is 1.92. The minimum atomic E-state index is -1.01. The lowest BCUT2D eigenvalue weighted by molar-refractivity contribution is -0.138. The molecule has 3 nitrogen and oxygen atoms in total. The van der Waals surface area contributed by atoms with Crippen LogP contribution in [0.1, 0.15) is 12.0 Å². The van der Waals surface area contributed by atoms with Crippen LogP contribution in [0.25, 0.3) is 6.08 Å². The Morgan fingerprint density at radius 2 is 1.94 bits per heavy atom. The number of aliphatic hydroxyl groups is 1. The first-order chi connectivity index (χ1) is 7.68. The summed E-state index contributed by atoms with van der Waals surface area (Å²) in [6.07, 6.45) is 5.53. The van der Waals surface area contributed by atoms with Crippen molar-refractivity contribution in [2.24, 2.45) is 0 Å². The van der Waals surface area contributed by atoms with Gasteiger partial charge in [-0.25, -0.2) is 0 Å². The number of benzene rings is 1. The van der Waals surface area contributed by atoms with Gasteiger partial charge in [-0.05, 0) is 5.56 Å². The van der Waals surface area contributed by atoms with Crippen molar-refractivity contribution in [1.29, 1.82) is 0 Å². The zero-order chi connectivity index (χ0) is 11.8. The van der Waals surface area contributed by atoms with Gasteiger partial charge < -0.3 is 10.2 Å². The lowest BCUT2D eigenvalue weighted by Crippen LogP contribution is -2.09. The summed E-state index contributed by atoms with van der Waals surface area (Å²) in [5.74, 6) is -1.01. The zero-order valence-corrected chi connectivity index (χ0v) is 8.78. The van der Waals surface area contributed by atoms with Gasteiger partial charge in [-0.2, -0.15) is 0 Å². The van der Waals surface area contributed by atoms with Gasteiger partial charge in [-0.1, -0.05) is 54.6 Å². The van der Waals surface area contributed by atoms with E-state index in [9.17, 15) is 9.90 Å². The van der Waals surface area contributed by atoms with E-state index in [0.717, 1.165) is 5.56 Å². The highest BCUT2D eigenvalue weighted by atomic mass is 16.4. The van der Waals surface area contributed by atoms with Crippen molar-refractivity contribution in [1.82, 2.24) is 0 Å². The van der Waals surface area contributed by atoms with E-state index >= 15 is 0 Å². The molecule has 0 amide bonds. The molecule has 0 saturated heterocycles. The molecule has 0 bridgehead atoms. The molecule has 0 saturated carbocycles. The van der Waals surface area contributed by atoms with Gasteiger partial charge in [0.25, 0.3) is 0 Å². The summed E-state index contributed by atoms with van der Waals surface area (Å²) in [5, 5.41) is 17.6. The third kappa shape index (κ3) is 5.12. The summed E-state index contributed by atoms with van der Waals surface area (Å²) in [4.78, 5) is 10.3. The van der Waals surface area contributed by atoms with E-state index in [0.29, 0.717) is 0 Å². The SMILES string of the molecule is O=C(O)C[C@H](O)C=CC=Cc1ccccc1. The second-order valence-corrected chi connectivity index (χ2v) is 3.32. The maximum atomic E-state index is 10.3. The molecule has 1 aromatic carbocycles. The second-order valence-electron chi connectivity index (χ2n) is 3.32. The number of carbonyl (C=O) groups is 1. The first kappa shape index (κ1) is 12.2. The Labute approximate surface area is 94.4 Å². The minimum Gasteiger partial charge on any atom is -0.481 e. The molecule has 1 atom stereocenters. The van der Waals surface area contributed by atoms with Gasteiger partial charge in [0.1, 0.15) is 0 Å². The smallest absolute Gasteiger partial charge is 0.306 e. The molecule has 1 rings (SSSR count). The van der Waals surface area contributed by atoms with E-state index in [1.807, 2.05) is 36.4 Å². The van der Waals surface area contributed by atoms with E-state index in [4.69, 9.17) is 5.11 Å². The van der Waals surface area contributed by atoms with E-state index in [1.165, 1.54) is 6.08 Å². The minimum absolute atomic E-state index is 0.268. The van der Waals surface area contributed by atoms with Gasteiger partial charge in [-0.3, -0.25) is 4.79 Å². The predicted octanol–water partition coefficient (Wildman–Crippen LogP) is 2.09. The summed E-state index contributed by atoms with van der Waals surface area (Å²) in [5.41, 5.74) is 1.06. The molecule has 0 unspecified atom stereocenters. The van der Waals surface area contributed by atoms with E-state index < -0.39 is 12.1 Å². The first-order valence-corrected chi connectivity index (χ1v) is 4.98. The molecule has 3 heteroatoms. The Morgan fingerprint density at radius 1 is 1.25 bits per heavy atom. The van der Waals surface area contributed by atoms with Crippen LogP contribution >= 0.6 is 0 Å². The largest absolute Gasteiger partial charge is 0.481 e. The summed E-state index contributed by atoms with van der Waals surface area (Å²) < 4.78 is 0. The summed E-state index contributed by atoms with van der Waals surface area (Å²) >= 11 is 0. The van der Waals surface area contributed by atoms with Crippen LogP contribution in [0.3, 0.4) is 0 Å². The Bertz CT molecular complexity index is 379. The Morgan fingerprint density at radius 3 is 2.56 bits per heavy atom. The molecule has 0 heterocycles. The van der Waals surface area contributed by atoms with Crippen LogP contribution in [0.15, 0.2) is 48.6 Å². The summed E-state index contributed by atoms with van der Waals surface area (Å²) in [6.45, 7) is 0. The highest BCUT2D eigenvalue weighted by molar-refractivity contribution is 5.67. The topological polar surface area (TPSA) is 57.5 Å². The fourth-order valence-electron chi connectivity index (χ4n) is 1.17. The quantitative estimate of drug-likeness (QED) is 0.744. The van der Waals surface area contributed by atoms with Crippen LogP contribution in [0.5, 0.6) is 0 Å². The van der Waals surface area contributed by atoms with Gasteiger partial charge in [0.2, 0.25) is 0 Å². The maximum Gasteiger partial charge on any atom is 0.306 e. The maximum absolute atomic E-state index is 10.3. The van der Waals surface area contributed by atoms with Crippen molar-refractivity contribution in [3.8, 4) is 0 Å². The molecule has 0 aliphatic heterocycles. The number of hydrogen-bond acceptors (Lipinski definition) is 2. The van der Waals surface area contributed by atoms with Crippen LogP contribution in [0.4, 0.5) is 0 Å². The monoisotopic (exact) mass is 218 g/mol. The lowest BCUT2D eigenvalue weighted by atomic mass is 10.2. The molecule has 0 spiro atoms. The van der Waals surface area contributed by atoms with Crippen LogP contribution in [-0.2, 0) is 4.79 Å². The van der Waals surface area contributed by atoms with Gasteiger partial charge in [-0.15, -0.1) is 0 Å². The third-order valence-corrected chi connectivity index (χ3v) is 1.92. The highest BCUT2D eigenvalue weighted by Crippen LogP contribution is 2.01. The van der Waals surface area contributed by atoms with E-state index in [-0.39, 0.29) is 6.42 Å². The van der Waals surface area contributed by atoms with Crippen molar-refractivity contribution < 1.29 is 15.0 Å². The molecule has 84 valence electrons. The van der Waals surface area contributed by atoms with Crippen LogP contribution in [0, 0.1) is 0 Å². The van der Waals surface area contributed by atoms with E-state index in [1.54, 1.807) is 12.2 Å². The lowest BCUT2D eigenvalue weighted by Gasteiger charge is -1.98. The zero-order valence-electron chi connectivity index (χ0n) is 8.78. The molecule has 0 radical (unpaired) electrons. The molecular weight excluding hydrogens is 204 g/mol. The van der Waals surface area contributed by atoms with Gasteiger partial charge in [0, 0.05) is 0 Å². The van der Waals surface area contributed by atoms with Crippen LogP contribution in [-0.4, -0.2) is 22.3 Å². The van der Waals surface area contributed by atoms with Crippen molar-refractivity contribution >= 4 is 12.0 Å². The molecular formula is C13H14O3. The van der Waals surface area contributed by atoms with Gasteiger partial charge in [0.15, 0.2) is 0 Å². The molecule has 0 aliphatic rings. The number of carboxylic acid groups (broad SMARTS) is 1. The first-order valence-electron chi connectivity index (χ1n) is 4.98. The molecule has 0 fully saturated rings. The normalized spacial score (nSPS) is 13.3. The number of carboxylic acids is 1. The average Bonchev–Trinajstić information content (AvgIpc) is 2.25. The summed E-state index contributed by atoms with van der Waals surface area (Å²) in [6, 6.07) is 9.71. The van der Waals surface area contributed by atoms with Crippen molar-refractivity contribution in [2.75, 3.05) is 0 Å². The average molecular weight is 218 g/mol. The number of rotatable bonds is 5. The van der Waals surface area contributed by atoms with Crippen molar-refractivity contribution in [3.05, 3.63) is 54.1 Å². The van der Waals surface area contributed by atoms with Gasteiger partial charge >= 0.3 is 5.97 Å². The van der Waals surface area contributed by atoms with Crippen molar-refractivity contribution in [3.63, 3.8) is 0 Å². The fraction of sp³-hybridized carbons (Fsp3) is 0.154. The molecule has 0 aromatic heterocycles. The van der Waals surface area contributed by atoms with Crippen molar-refractivity contribution in [2.45, 2.75) is 12.5 Å². The Kier molecular flexibility index (Phi) is 5.02. The number of aliphatic carboxylic acids is 1. The Balaban J connectivity index is 2.42. The predicted molar refractivity (Wildman–Crippen MR) is 62.9 cm³/mol. The second kappa shape index (κ2) is 6.58. The standard InChI is InChI=1S/C13H14O3/c14-12(10-13(15)16)9-5-4-8-11-6-2-1-3-7-11/h1-9,12,14H,10H2,(H,15,16)/t12-/m1/s1. The van der Waals surface area contributed by atoms with Crippen LogP contribution in [0.2, 0.25) is 0 Å². The van der Waals surface area contributed by atoms with Crippen LogP contribution < -0.4 is 0 Å². The fourth-order valence-corrected chi connectivity index (χ4v) is 1.17. The molecule has 16 heavy (non-hydrogen) atoms. The van der Waals surface area contributed by atoms with Gasteiger partial charge in [0.05, 0.1) is 12.5 Å². The highest BCUT2D eigenvalue weighted by Gasteiger charge is 2.03.